The zero-order valence-corrected chi connectivity index (χ0v) is 11.2. The van der Waals surface area contributed by atoms with Crippen molar-refractivity contribution in [3.8, 4) is 11.6 Å². The van der Waals surface area contributed by atoms with Crippen molar-refractivity contribution in [3.63, 3.8) is 0 Å². The van der Waals surface area contributed by atoms with Gasteiger partial charge in [0.15, 0.2) is 11.6 Å². The van der Waals surface area contributed by atoms with Crippen LogP contribution in [0.25, 0.3) is 21.9 Å². The summed E-state index contributed by atoms with van der Waals surface area (Å²) in [6.07, 6.45) is 3.64. The summed E-state index contributed by atoms with van der Waals surface area (Å²) >= 11 is 1.67. The van der Waals surface area contributed by atoms with Crippen molar-refractivity contribution in [2.24, 2.45) is 7.05 Å². The zero-order chi connectivity index (χ0) is 12.7. The monoisotopic (exact) mass is 259 g/mol. The SMILES string of the molecule is CNc1nc(-c2nccn2C)nc2sc(C)cc12. The van der Waals surface area contributed by atoms with E-state index in [9.17, 15) is 0 Å². The average Bonchev–Trinajstić information content (AvgIpc) is 2.92. The van der Waals surface area contributed by atoms with E-state index in [2.05, 4.69) is 33.3 Å². The fourth-order valence-electron chi connectivity index (χ4n) is 1.91. The summed E-state index contributed by atoms with van der Waals surface area (Å²) < 4.78 is 1.92. The smallest absolute Gasteiger partial charge is 0.199 e. The number of fused-ring (bicyclic) bond motifs is 1. The highest BCUT2D eigenvalue weighted by molar-refractivity contribution is 7.18. The average molecular weight is 259 g/mol. The quantitative estimate of drug-likeness (QED) is 0.768. The Kier molecular flexibility index (Phi) is 2.52. The number of aromatic nitrogens is 4. The standard InChI is InChI=1S/C12H13N5S/c1-7-6-8-9(13-2)15-10(16-12(8)18-7)11-14-4-5-17(11)3/h4-6H,1-3H3,(H,13,15,16). The predicted octanol–water partition coefficient (Wildman–Crippen LogP) is 2.44. The van der Waals surface area contributed by atoms with Crippen LogP contribution in [0.5, 0.6) is 0 Å². The van der Waals surface area contributed by atoms with Gasteiger partial charge in [0.1, 0.15) is 10.6 Å². The minimum absolute atomic E-state index is 0.654. The Bertz CT molecular complexity index is 712. The molecule has 0 bridgehead atoms. The van der Waals surface area contributed by atoms with Gasteiger partial charge in [-0.15, -0.1) is 11.3 Å². The molecular formula is C12H13N5S. The summed E-state index contributed by atoms with van der Waals surface area (Å²) in [7, 11) is 3.81. The molecule has 1 N–H and O–H groups in total. The van der Waals surface area contributed by atoms with Gasteiger partial charge in [0.25, 0.3) is 0 Å². The number of thiophene rings is 1. The van der Waals surface area contributed by atoms with E-state index in [1.165, 1.54) is 4.88 Å². The van der Waals surface area contributed by atoms with E-state index in [0.29, 0.717) is 5.82 Å². The molecule has 18 heavy (non-hydrogen) atoms. The van der Waals surface area contributed by atoms with Crippen molar-refractivity contribution in [1.29, 1.82) is 0 Å². The normalized spacial score (nSPS) is 11.1. The van der Waals surface area contributed by atoms with Gasteiger partial charge in [-0.3, -0.25) is 0 Å². The van der Waals surface area contributed by atoms with Gasteiger partial charge in [0.2, 0.25) is 0 Å². The first kappa shape index (κ1) is 11.2. The molecule has 0 radical (unpaired) electrons. The van der Waals surface area contributed by atoms with Gasteiger partial charge in [-0.05, 0) is 13.0 Å². The van der Waals surface area contributed by atoms with Crippen molar-refractivity contribution >= 4 is 27.4 Å². The number of anilines is 1. The highest BCUT2D eigenvalue weighted by atomic mass is 32.1. The van der Waals surface area contributed by atoms with Gasteiger partial charge >= 0.3 is 0 Å². The molecule has 5 nitrogen and oxygen atoms in total. The molecular weight excluding hydrogens is 246 g/mol. The lowest BCUT2D eigenvalue weighted by Crippen LogP contribution is -2.00. The maximum atomic E-state index is 4.59. The van der Waals surface area contributed by atoms with E-state index in [1.807, 2.05) is 24.9 Å². The van der Waals surface area contributed by atoms with Gasteiger partial charge in [0, 0.05) is 31.4 Å². The molecule has 3 aromatic heterocycles. The second-order valence-electron chi connectivity index (χ2n) is 4.08. The first-order chi connectivity index (χ1) is 8.69. The maximum absolute atomic E-state index is 4.59. The lowest BCUT2D eigenvalue weighted by molar-refractivity contribution is 0.910. The molecule has 0 saturated heterocycles. The van der Waals surface area contributed by atoms with Gasteiger partial charge in [-0.2, -0.15) is 0 Å². The van der Waals surface area contributed by atoms with Crippen molar-refractivity contribution in [1.82, 2.24) is 19.5 Å². The van der Waals surface area contributed by atoms with Gasteiger partial charge in [0.05, 0.1) is 5.39 Å². The third-order valence-electron chi connectivity index (χ3n) is 2.77. The molecule has 6 heteroatoms. The Morgan fingerprint density at radius 1 is 1.33 bits per heavy atom. The fraction of sp³-hybridized carbons (Fsp3) is 0.250. The van der Waals surface area contributed by atoms with Crippen molar-refractivity contribution in [2.75, 3.05) is 12.4 Å². The topological polar surface area (TPSA) is 55.6 Å². The second kappa shape index (κ2) is 4.06. The minimum atomic E-state index is 0.654. The summed E-state index contributed by atoms with van der Waals surface area (Å²) in [5, 5.41) is 4.19. The summed E-state index contributed by atoms with van der Waals surface area (Å²) in [4.78, 5) is 15.6. The van der Waals surface area contributed by atoms with Crippen molar-refractivity contribution < 1.29 is 0 Å². The van der Waals surface area contributed by atoms with Crippen LogP contribution in [0.1, 0.15) is 4.88 Å². The van der Waals surface area contributed by atoms with Crippen LogP contribution in [-0.4, -0.2) is 26.6 Å². The molecule has 0 spiro atoms. The van der Waals surface area contributed by atoms with E-state index < -0.39 is 0 Å². The van der Waals surface area contributed by atoms with Gasteiger partial charge in [-0.1, -0.05) is 0 Å². The highest BCUT2D eigenvalue weighted by Crippen LogP contribution is 2.30. The van der Waals surface area contributed by atoms with Crippen LogP contribution < -0.4 is 5.32 Å². The second-order valence-corrected chi connectivity index (χ2v) is 5.32. The Morgan fingerprint density at radius 3 is 2.83 bits per heavy atom. The number of nitrogens with zero attached hydrogens (tertiary/aromatic N) is 4. The molecule has 92 valence electrons. The molecule has 0 aromatic carbocycles. The fourth-order valence-corrected chi connectivity index (χ4v) is 2.79. The minimum Gasteiger partial charge on any atom is -0.372 e. The Morgan fingerprint density at radius 2 is 2.17 bits per heavy atom. The summed E-state index contributed by atoms with van der Waals surface area (Å²) in [5.74, 6) is 2.28. The lowest BCUT2D eigenvalue weighted by atomic mass is 10.3. The van der Waals surface area contributed by atoms with Crippen LogP contribution >= 0.6 is 11.3 Å². The molecule has 0 fully saturated rings. The number of nitrogens with one attached hydrogen (secondary N) is 1. The number of rotatable bonds is 2. The van der Waals surface area contributed by atoms with Crippen molar-refractivity contribution in [2.45, 2.75) is 6.92 Å². The summed E-state index contributed by atoms with van der Waals surface area (Å²) in [5.41, 5.74) is 0. The van der Waals surface area contributed by atoms with E-state index in [0.717, 1.165) is 21.9 Å². The Balaban J connectivity index is 2.28. The van der Waals surface area contributed by atoms with Crippen LogP contribution in [-0.2, 0) is 7.05 Å². The summed E-state index contributed by atoms with van der Waals surface area (Å²) in [6.45, 7) is 2.08. The number of hydrogen-bond donors (Lipinski definition) is 1. The Labute approximate surface area is 109 Å². The molecule has 0 atom stereocenters. The van der Waals surface area contributed by atoms with E-state index in [4.69, 9.17) is 0 Å². The predicted molar refractivity (Wildman–Crippen MR) is 73.9 cm³/mol. The van der Waals surface area contributed by atoms with E-state index in [1.54, 1.807) is 17.5 Å². The van der Waals surface area contributed by atoms with E-state index >= 15 is 0 Å². The molecule has 0 aliphatic carbocycles. The van der Waals surface area contributed by atoms with Crippen LogP contribution in [0.3, 0.4) is 0 Å². The molecule has 3 rings (SSSR count). The first-order valence-corrected chi connectivity index (χ1v) is 6.44. The highest BCUT2D eigenvalue weighted by Gasteiger charge is 2.13. The van der Waals surface area contributed by atoms with Gasteiger partial charge < -0.3 is 9.88 Å². The molecule has 0 unspecified atom stereocenters. The third-order valence-corrected chi connectivity index (χ3v) is 3.72. The first-order valence-electron chi connectivity index (χ1n) is 5.62. The van der Waals surface area contributed by atoms with Gasteiger partial charge in [-0.25, -0.2) is 15.0 Å². The van der Waals surface area contributed by atoms with Crippen LogP contribution in [0.4, 0.5) is 5.82 Å². The molecule has 0 aliphatic heterocycles. The van der Waals surface area contributed by atoms with Crippen LogP contribution in [0.2, 0.25) is 0 Å². The molecule has 3 heterocycles. The zero-order valence-electron chi connectivity index (χ0n) is 10.4. The molecule has 0 aliphatic rings. The molecule has 0 amide bonds. The lowest BCUT2D eigenvalue weighted by Gasteiger charge is -2.05. The number of imidazole rings is 1. The number of aryl methyl sites for hydroxylation is 2. The third kappa shape index (κ3) is 1.65. The molecule has 0 saturated carbocycles. The Hall–Kier alpha value is -1.95. The maximum Gasteiger partial charge on any atom is 0.199 e. The molecule has 3 aromatic rings. The van der Waals surface area contributed by atoms with Crippen LogP contribution in [0, 0.1) is 6.92 Å². The van der Waals surface area contributed by atoms with Crippen molar-refractivity contribution in [3.05, 3.63) is 23.3 Å². The largest absolute Gasteiger partial charge is 0.372 e. The van der Waals surface area contributed by atoms with E-state index in [-0.39, 0.29) is 0 Å². The number of hydrogen-bond acceptors (Lipinski definition) is 5. The summed E-state index contributed by atoms with van der Waals surface area (Å²) in [6, 6.07) is 2.11. The van der Waals surface area contributed by atoms with Crippen LogP contribution in [0.15, 0.2) is 18.5 Å².